The molecule has 5 heteroatoms. The van der Waals surface area contributed by atoms with Crippen molar-refractivity contribution in [2.45, 2.75) is 110 Å². The molecular formula is C22H41ClO4. The molecule has 0 aromatic heterocycles. The minimum Gasteiger partial charge on any atom is -0.481 e. The lowest BCUT2D eigenvalue weighted by Crippen LogP contribution is -2.21. The number of halogens is 1. The van der Waals surface area contributed by atoms with Crippen LogP contribution in [0.2, 0.25) is 0 Å². The number of carboxylic acids is 1. The van der Waals surface area contributed by atoms with Gasteiger partial charge in [0, 0.05) is 0 Å². The van der Waals surface area contributed by atoms with Gasteiger partial charge in [0.05, 0.1) is 12.5 Å². The fourth-order valence-electron chi connectivity index (χ4n) is 3.34. The van der Waals surface area contributed by atoms with Crippen molar-refractivity contribution < 1.29 is 19.4 Å². The molecule has 0 amide bonds. The van der Waals surface area contributed by atoms with Crippen LogP contribution in [0.1, 0.15) is 104 Å². The molecule has 0 bridgehead atoms. The molecule has 0 radical (unpaired) electrons. The third-order valence-electron chi connectivity index (χ3n) is 5.41. The Kier molecular flexibility index (Phi) is 16.8. The molecule has 0 aliphatic rings. The zero-order valence-corrected chi connectivity index (χ0v) is 18.4. The predicted molar refractivity (Wildman–Crippen MR) is 112 cm³/mol. The van der Waals surface area contributed by atoms with Gasteiger partial charge in [-0.15, -0.1) is 11.6 Å². The Morgan fingerprint density at radius 2 is 1.48 bits per heavy atom. The average Bonchev–Trinajstić information content (AvgIpc) is 2.65. The standard InChI is InChI=1S/C22H41ClO4/c1-4-7-13-18(5-2)14-11-9-8-10-12-17-27-22(26)20(23)16-15-19(6-3)21(24)25/h18-20H,4-17H2,1-3H3,(H,24,25). The third-order valence-corrected chi connectivity index (χ3v) is 5.81. The predicted octanol–water partition coefficient (Wildman–Crippen LogP) is 6.59. The minimum atomic E-state index is -0.828. The van der Waals surface area contributed by atoms with E-state index in [9.17, 15) is 9.59 Å². The molecule has 3 unspecified atom stereocenters. The Balaban J connectivity index is 3.66. The van der Waals surface area contributed by atoms with Gasteiger partial charge in [0.15, 0.2) is 0 Å². The van der Waals surface area contributed by atoms with Gasteiger partial charge >= 0.3 is 11.9 Å². The number of ether oxygens (including phenoxy) is 1. The van der Waals surface area contributed by atoms with E-state index in [4.69, 9.17) is 21.4 Å². The highest BCUT2D eigenvalue weighted by Crippen LogP contribution is 2.20. The second-order valence-corrected chi connectivity index (χ2v) is 8.16. The van der Waals surface area contributed by atoms with Crippen LogP contribution in [0.15, 0.2) is 0 Å². The summed E-state index contributed by atoms with van der Waals surface area (Å²) >= 11 is 6.03. The molecule has 0 aromatic rings. The van der Waals surface area contributed by atoms with Gasteiger partial charge in [-0.05, 0) is 31.6 Å². The molecule has 4 nitrogen and oxygen atoms in total. The van der Waals surface area contributed by atoms with E-state index in [0.29, 0.717) is 25.9 Å². The molecule has 0 saturated heterocycles. The summed E-state index contributed by atoms with van der Waals surface area (Å²) in [5, 5.41) is 8.27. The summed E-state index contributed by atoms with van der Waals surface area (Å²) in [5.41, 5.74) is 0. The summed E-state index contributed by atoms with van der Waals surface area (Å²) in [6.07, 6.45) is 13.6. The van der Waals surface area contributed by atoms with Crippen LogP contribution in [0.4, 0.5) is 0 Å². The highest BCUT2D eigenvalue weighted by molar-refractivity contribution is 6.29. The molecule has 0 fully saturated rings. The largest absolute Gasteiger partial charge is 0.481 e. The fraction of sp³-hybridized carbons (Fsp3) is 0.909. The smallest absolute Gasteiger partial charge is 0.324 e. The van der Waals surface area contributed by atoms with Crippen molar-refractivity contribution in [3.05, 3.63) is 0 Å². The van der Waals surface area contributed by atoms with Gasteiger partial charge in [0.25, 0.3) is 0 Å². The normalized spacial score (nSPS) is 14.5. The molecule has 0 rings (SSSR count). The molecule has 0 aliphatic carbocycles. The fourth-order valence-corrected chi connectivity index (χ4v) is 3.53. The number of carboxylic acid groups (broad SMARTS) is 1. The summed E-state index contributed by atoms with van der Waals surface area (Å²) in [4.78, 5) is 22.8. The molecule has 1 N–H and O–H groups in total. The SMILES string of the molecule is CCCCC(CC)CCCCCCCOC(=O)C(Cl)CCC(CC)C(=O)O. The van der Waals surface area contributed by atoms with Gasteiger partial charge in [-0.1, -0.05) is 78.6 Å². The van der Waals surface area contributed by atoms with Gasteiger partial charge in [-0.25, -0.2) is 0 Å². The second-order valence-electron chi connectivity index (χ2n) is 7.63. The van der Waals surface area contributed by atoms with Gasteiger partial charge in [0.2, 0.25) is 0 Å². The van der Waals surface area contributed by atoms with Gasteiger partial charge < -0.3 is 9.84 Å². The number of aliphatic carboxylic acids is 1. The van der Waals surface area contributed by atoms with Crippen molar-refractivity contribution in [3.8, 4) is 0 Å². The van der Waals surface area contributed by atoms with Crippen molar-refractivity contribution in [1.82, 2.24) is 0 Å². The van der Waals surface area contributed by atoms with Crippen molar-refractivity contribution in [2.24, 2.45) is 11.8 Å². The number of hydrogen-bond donors (Lipinski definition) is 1. The van der Waals surface area contributed by atoms with E-state index in [0.717, 1.165) is 18.8 Å². The first-order chi connectivity index (χ1) is 13.0. The van der Waals surface area contributed by atoms with Crippen LogP contribution in [-0.2, 0) is 14.3 Å². The number of rotatable bonds is 18. The lowest BCUT2D eigenvalue weighted by atomic mass is 9.93. The van der Waals surface area contributed by atoms with Crippen LogP contribution in [0.25, 0.3) is 0 Å². The Hall–Kier alpha value is -0.770. The summed E-state index contributed by atoms with van der Waals surface area (Å²) < 4.78 is 5.22. The second kappa shape index (κ2) is 17.3. The zero-order valence-electron chi connectivity index (χ0n) is 17.7. The number of carbonyl (C=O) groups excluding carboxylic acids is 1. The van der Waals surface area contributed by atoms with E-state index in [-0.39, 0.29) is 0 Å². The third kappa shape index (κ3) is 14.0. The maximum absolute atomic E-state index is 11.8. The maximum Gasteiger partial charge on any atom is 0.324 e. The molecule has 160 valence electrons. The van der Waals surface area contributed by atoms with Crippen LogP contribution < -0.4 is 0 Å². The first-order valence-electron chi connectivity index (χ1n) is 11.0. The van der Waals surface area contributed by atoms with Crippen LogP contribution in [0.3, 0.4) is 0 Å². The maximum atomic E-state index is 11.8. The van der Waals surface area contributed by atoms with E-state index in [1.165, 1.54) is 51.4 Å². The summed E-state index contributed by atoms with van der Waals surface area (Å²) in [5.74, 6) is -0.794. The van der Waals surface area contributed by atoms with Crippen LogP contribution in [-0.4, -0.2) is 29.0 Å². The van der Waals surface area contributed by atoms with E-state index in [1.54, 1.807) is 0 Å². The topological polar surface area (TPSA) is 63.6 Å². The Morgan fingerprint density at radius 3 is 2.07 bits per heavy atom. The van der Waals surface area contributed by atoms with Crippen molar-refractivity contribution >= 4 is 23.5 Å². The summed E-state index contributed by atoms with van der Waals surface area (Å²) in [7, 11) is 0. The molecule has 3 atom stereocenters. The minimum absolute atomic E-state index is 0.349. The van der Waals surface area contributed by atoms with Crippen LogP contribution in [0, 0.1) is 11.8 Å². The van der Waals surface area contributed by atoms with Crippen molar-refractivity contribution in [2.75, 3.05) is 6.61 Å². The highest BCUT2D eigenvalue weighted by atomic mass is 35.5. The highest BCUT2D eigenvalue weighted by Gasteiger charge is 2.21. The molecule has 0 spiro atoms. The lowest BCUT2D eigenvalue weighted by Gasteiger charge is -2.14. The molecule has 0 saturated carbocycles. The number of unbranched alkanes of at least 4 members (excludes halogenated alkanes) is 5. The van der Waals surface area contributed by atoms with E-state index < -0.39 is 23.2 Å². The lowest BCUT2D eigenvalue weighted by molar-refractivity contribution is -0.145. The average molecular weight is 405 g/mol. The molecule has 27 heavy (non-hydrogen) atoms. The first-order valence-corrected chi connectivity index (χ1v) is 11.4. The van der Waals surface area contributed by atoms with E-state index in [2.05, 4.69) is 13.8 Å². The van der Waals surface area contributed by atoms with Gasteiger partial charge in [0.1, 0.15) is 5.38 Å². The van der Waals surface area contributed by atoms with E-state index >= 15 is 0 Å². The zero-order chi connectivity index (χ0) is 20.5. The molecule has 0 aromatic carbocycles. The number of alkyl halides is 1. The summed E-state index contributed by atoms with van der Waals surface area (Å²) in [6.45, 7) is 6.78. The van der Waals surface area contributed by atoms with Crippen molar-refractivity contribution in [1.29, 1.82) is 0 Å². The Morgan fingerprint density at radius 1 is 0.852 bits per heavy atom. The van der Waals surface area contributed by atoms with Gasteiger partial charge in [-0.2, -0.15) is 0 Å². The summed E-state index contributed by atoms with van der Waals surface area (Å²) in [6, 6.07) is 0. The first kappa shape index (κ1) is 26.2. The van der Waals surface area contributed by atoms with Gasteiger partial charge in [-0.3, -0.25) is 9.59 Å². The van der Waals surface area contributed by atoms with Crippen LogP contribution in [0.5, 0.6) is 0 Å². The quantitative estimate of drug-likeness (QED) is 0.159. The van der Waals surface area contributed by atoms with E-state index in [1.807, 2.05) is 6.92 Å². The van der Waals surface area contributed by atoms with Crippen molar-refractivity contribution in [3.63, 3.8) is 0 Å². The number of esters is 1. The monoisotopic (exact) mass is 404 g/mol. The van der Waals surface area contributed by atoms with Crippen LogP contribution >= 0.6 is 11.6 Å². The molecule has 0 aliphatic heterocycles. The molecular weight excluding hydrogens is 364 g/mol. The number of carbonyl (C=O) groups is 2. The molecule has 0 heterocycles. The Labute approximate surface area is 171 Å². The Bertz CT molecular complexity index is 387. The number of hydrogen-bond acceptors (Lipinski definition) is 3.